The van der Waals surface area contributed by atoms with Gasteiger partial charge in [-0.05, 0) is 107 Å². The lowest BCUT2D eigenvalue weighted by atomic mass is 9.42. The van der Waals surface area contributed by atoms with Crippen molar-refractivity contribution in [3.63, 3.8) is 0 Å². The Balaban J connectivity index is 0.847. The second-order valence-electron chi connectivity index (χ2n) is 18.6. The highest BCUT2D eigenvalue weighted by molar-refractivity contribution is 5.85. The van der Waals surface area contributed by atoms with Gasteiger partial charge in [0, 0.05) is 30.7 Å². The molecule has 0 aromatic heterocycles. The predicted molar refractivity (Wildman–Crippen MR) is 193 cm³/mol. The maximum Gasteiger partial charge on any atom is 0.331 e. The van der Waals surface area contributed by atoms with Gasteiger partial charge in [-0.3, -0.25) is 0 Å². The minimum Gasteiger partial charge on any atom is -0.458 e. The quantitative estimate of drug-likeness (QED) is 0.162. The summed E-state index contributed by atoms with van der Waals surface area (Å²) >= 11 is 0. The third-order valence-corrected chi connectivity index (χ3v) is 15.7. The van der Waals surface area contributed by atoms with E-state index in [-0.39, 0.29) is 54.2 Å². The Bertz CT molecular complexity index is 1500. The number of aliphatic hydroxyl groups excluding tert-OH is 5. The molecule has 4 aliphatic carbocycles. The molecule has 22 atom stereocenters. The highest BCUT2D eigenvalue weighted by atomic mass is 16.7. The summed E-state index contributed by atoms with van der Waals surface area (Å²) in [5.41, 5.74) is -2.05. The van der Waals surface area contributed by atoms with Gasteiger partial charge in [0.2, 0.25) is 0 Å². The average molecular weight is 785 g/mol. The van der Waals surface area contributed by atoms with Crippen LogP contribution < -0.4 is 0 Å². The molecule has 312 valence electrons. The first-order valence-corrected chi connectivity index (χ1v) is 20.7. The molecule has 0 radical (unpaired) electrons. The first-order chi connectivity index (χ1) is 26.8. The van der Waals surface area contributed by atoms with Crippen LogP contribution in [-0.2, 0) is 38.0 Å². The number of carbonyl (C=O) groups excluding carboxylic acids is 1. The fourth-order valence-corrected chi connectivity index (χ4v) is 12.5. The first-order valence-electron chi connectivity index (χ1n) is 21.8. The molecule has 0 bridgehead atoms. The standard InChI is InChI=1S/C41H64O14/c1-19-36(47)28(42)15-34(50-19)54-38-21(3)52-35(17-30(38)44)55-37-20(2)51-33(16-29(37)43)53-24-8-10-39(4)23(13-24)6-7-26-27(39)14-31(45)40(5)25(9-11-41(26,40)48)22-12-32(46)49-18-22/h12,19-21,23-31,33-38,42-45,47-48H,6-11,13-18H2,1-5H3/t19-,20-,21-,23-,24+,25-,26-,27+,28+,29+,30+,31-,33+,34+,35+,36-,37-,38-,39+,40+,41+/m1/s1/i12T,18T/t18?,19-,20-,21-,23-,24+,25-,26-,27+,28+,29+,30+,31-,33+,34+,35+,36-,37-,38-,39+,40+,41+. The molecule has 1 unspecified atom stereocenters. The second-order valence-corrected chi connectivity index (χ2v) is 18.6. The summed E-state index contributed by atoms with van der Waals surface area (Å²) in [6, 6.07) is -0.305. The molecular weight excluding hydrogens is 716 g/mol. The molecular formula is C41H64O14. The van der Waals surface area contributed by atoms with Crippen LogP contribution in [0.5, 0.6) is 0 Å². The Morgan fingerprint density at radius 2 is 1.35 bits per heavy atom. The summed E-state index contributed by atoms with van der Waals surface area (Å²) in [5.74, 6) is -0.983. The molecule has 0 aromatic carbocycles. The highest BCUT2D eigenvalue weighted by Gasteiger charge is 2.71. The van der Waals surface area contributed by atoms with Crippen LogP contribution in [0.15, 0.2) is 11.6 Å². The molecule has 3 saturated heterocycles. The largest absolute Gasteiger partial charge is 0.458 e. The molecule has 0 spiro atoms. The van der Waals surface area contributed by atoms with Gasteiger partial charge in [-0.1, -0.05) is 13.8 Å². The Morgan fingerprint density at radius 1 is 0.745 bits per heavy atom. The highest BCUT2D eigenvalue weighted by Crippen LogP contribution is 2.70. The van der Waals surface area contributed by atoms with Crippen LogP contribution in [0.3, 0.4) is 0 Å². The van der Waals surface area contributed by atoms with E-state index >= 15 is 0 Å². The summed E-state index contributed by atoms with van der Waals surface area (Å²) in [4.78, 5) is 12.2. The van der Waals surface area contributed by atoms with Crippen molar-refractivity contribution in [1.82, 2.24) is 0 Å². The molecule has 8 rings (SSSR count). The van der Waals surface area contributed by atoms with Gasteiger partial charge in [-0.15, -0.1) is 0 Å². The monoisotopic (exact) mass is 784 g/mol. The Hall–Kier alpha value is -1.27. The van der Waals surface area contributed by atoms with E-state index in [1.165, 1.54) is 0 Å². The number of ether oxygens (including phenoxy) is 7. The maximum absolute atomic E-state index is 12.6. The molecule has 4 aliphatic heterocycles. The van der Waals surface area contributed by atoms with Gasteiger partial charge in [0.05, 0.1) is 57.2 Å². The number of rotatable bonds is 7. The van der Waals surface area contributed by atoms with Crippen LogP contribution in [0, 0.1) is 34.5 Å². The predicted octanol–water partition coefficient (Wildman–Crippen LogP) is 2.22. The van der Waals surface area contributed by atoms with Crippen molar-refractivity contribution >= 4 is 5.97 Å². The van der Waals surface area contributed by atoms with Gasteiger partial charge in [-0.25, -0.2) is 4.79 Å². The Labute approximate surface area is 326 Å². The smallest absolute Gasteiger partial charge is 0.331 e. The lowest BCUT2D eigenvalue weighted by molar-refractivity contribution is -0.336. The summed E-state index contributed by atoms with van der Waals surface area (Å²) in [5, 5.41) is 67.0. The lowest BCUT2D eigenvalue weighted by Gasteiger charge is -2.65. The van der Waals surface area contributed by atoms with Gasteiger partial charge in [0.15, 0.2) is 18.9 Å². The van der Waals surface area contributed by atoms with Crippen molar-refractivity contribution < 1.29 is 71.3 Å². The van der Waals surface area contributed by atoms with E-state index in [9.17, 15) is 35.4 Å². The number of hydrogen-bond donors (Lipinski definition) is 6. The third-order valence-electron chi connectivity index (χ3n) is 15.7. The van der Waals surface area contributed by atoms with E-state index in [4.69, 9.17) is 35.9 Å². The molecule has 14 nitrogen and oxygen atoms in total. The number of cyclic esters (lactones) is 1. The third kappa shape index (κ3) is 6.95. The maximum atomic E-state index is 12.6. The van der Waals surface area contributed by atoms with Gasteiger partial charge >= 0.3 is 5.97 Å². The van der Waals surface area contributed by atoms with Gasteiger partial charge in [0.25, 0.3) is 0 Å². The number of carbonyl (C=O) groups is 1. The molecule has 6 N–H and O–H groups in total. The summed E-state index contributed by atoms with van der Waals surface area (Å²) in [7, 11) is 0. The number of esters is 1. The lowest BCUT2D eigenvalue weighted by Crippen LogP contribution is -2.67. The number of hydrogen-bond acceptors (Lipinski definition) is 14. The molecule has 14 heteroatoms. The fraction of sp³-hybridized carbons (Fsp3) is 0.927. The first kappa shape index (κ1) is 38.0. The second kappa shape index (κ2) is 15.1. The molecule has 0 aromatic rings. The van der Waals surface area contributed by atoms with Crippen molar-refractivity contribution in [2.75, 3.05) is 6.58 Å². The summed E-state index contributed by atoms with van der Waals surface area (Å²) < 4.78 is 58.6. The van der Waals surface area contributed by atoms with E-state index in [1.54, 1.807) is 13.8 Å². The van der Waals surface area contributed by atoms with Crippen molar-refractivity contribution in [2.24, 2.45) is 34.5 Å². The van der Waals surface area contributed by atoms with Gasteiger partial charge < -0.3 is 63.8 Å². The molecule has 4 saturated carbocycles. The fourth-order valence-electron chi connectivity index (χ4n) is 12.5. The van der Waals surface area contributed by atoms with Crippen LogP contribution in [0.2, 0.25) is 0 Å². The van der Waals surface area contributed by atoms with Crippen LogP contribution in [-0.4, -0.2) is 135 Å². The van der Waals surface area contributed by atoms with Crippen molar-refractivity contribution in [2.45, 2.75) is 197 Å². The molecule has 8 aliphatic rings. The zero-order valence-corrected chi connectivity index (χ0v) is 32.7. The van der Waals surface area contributed by atoms with E-state index in [1.807, 2.05) is 13.8 Å². The Morgan fingerprint density at radius 3 is 1.93 bits per heavy atom. The van der Waals surface area contributed by atoms with E-state index in [2.05, 4.69) is 6.92 Å². The van der Waals surface area contributed by atoms with Crippen molar-refractivity contribution in [1.29, 1.82) is 0 Å². The van der Waals surface area contributed by atoms with Crippen LogP contribution in [0.25, 0.3) is 0 Å². The van der Waals surface area contributed by atoms with E-state index in [0.717, 1.165) is 32.1 Å². The average Bonchev–Trinajstić information content (AvgIpc) is 3.56. The molecule has 4 heterocycles. The SMILES string of the molecule is [3H]C1=C([C@H]2CC[C@]3(O)[C@@H]4CC[C@@H]5C[C@@H](O[C@H]6C[C@H](O)[C@H](O[C@H]7C[C@H](O)[C@H](O[C@H]8C[C@H](O)[C@H](O)[C@@H](C)O8)[C@@H](C)O7)[C@@H](C)O6)CC[C@]5(C)[C@H]4C[C@@H](O)[C@]23C)C([3H])OC1=O. The zero-order chi connectivity index (χ0) is 40.9. The van der Waals surface area contributed by atoms with E-state index < -0.39 is 109 Å². The van der Waals surface area contributed by atoms with Crippen LogP contribution in [0.4, 0.5) is 0 Å². The van der Waals surface area contributed by atoms with Crippen molar-refractivity contribution in [3.05, 3.63) is 11.6 Å². The minimum absolute atomic E-state index is 0.0596. The van der Waals surface area contributed by atoms with Gasteiger partial charge in [-0.2, -0.15) is 0 Å². The summed E-state index contributed by atoms with van der Waals surface area (Å²) in [6.45, 7) is 8.13. The molecule has 0 amide bonds. The van der Waals surface area contributed by atoms with Gasteiger partial charge in [0.1, 0.15) is 24.9 Å². The Kier molecular flexibility index (Phi) is 10.4. The zero-order valence-electron chi connectivity index (χ0n) is 34.7. The topological polar surface area (TPSA) is 203 Å². The van der Waals surface area contributed by atoms with E-state index in [0.29, 0.717) is 25.2 Å². The molecule has 7 fully saturated rings. The van der Waals surface area contributed by atoms with Crippen LogP contribution in [0.1, 0.15) is 108 Å². The minimum atomic E-state index is -1.28. The molecule has 55 heavy (non-hydrogen) atoms. The van der Waals surface area contributed by atoms with Crippen molar-refractivity contribution in [3.8, 4) is 0 Å². The number of fused-ring (bicyclic) bond motifs is 5. The normalized spacial score (nSPS) is 57.6. The summed E-state index contributed by atoms with van der Waals surface area (Å²) in [6.07, 6.45) is -4.48. The van der Waals surface area contributed by atoms with Crippen LogP contribution >= 0.6 is 0 Å². The number of aliphatic hydroxyl groups is 6.